The second-order valence-electron chi connectivity index (χ2n) is 3.99. The third-order valence-corrected chi connectivity index (χ3v) is 2.60. The Bertz CT molecular complexity index is 468. The molecule has 0 atom stereocenters. The molecule has 2 N–H and O–H groups in total. The topological polar surface area (TPSA) is 78.6 Å². The summed E-state index contributed by atoms with van der Waals surface area (Å²) >= 11 is 0. The smallest absolute Gasteiger partial charge is 0.338 e. The second-order valence-corrected chi connectivity index (χ2v) is 3.99. The van der Waals surface area contributed by atoms with Gasteiger partial charge in [-0.1, -0.05) is 6.07 Å². The average Bonchev–Trinajstić information content (AvgIpc) is 2.33. The Morgan fingerprint density at radius 1 is 1.22 bits per heavy atom. The first kappa shape index (κ1) is 14.0. The van der Waals surface area contributed by atoms with Crippen LogP contribution < -0.4 is 5.73 Å². The lowest BCUT2D eigenvalue weighted by molar-refractivity contribution is -0.141. The van der Waals surface area contributed by atoms with E-state index in [1.54, 1.807) is 6.07 Å². The van der Waals surface area contributed by atoms with E-state index < -0.39 is 11.9 Å². The van der Waals surface area contributed by atoms with Crippen molar-refractivity contribution in [3.63, 3.8) is 0 Å². The van der Waals surface area contributed by atoms with Gasteiger partial charge in [-0.25, -0.2) is 4.79 Å². The van der Waals surface area contributed by atoms with Crippen molar-refractivity contribution in [2.45, 2.75) is 20.3 Å². The summed E-state index contributed by atoms with van der Waals surface area (Å²) in [5, 5.41) is 0. The maximum atomic E-state index is 11.8. The maximum Gasteiger partial charge on any atom is 0.338 e. The first-order chi connectivity index (χ1) is 8.45. The van der Waals surface area contributed by atoms with Crippen LogP contribution in [0.4, 0.5) is 5.69 Å². The third-order valence-electron chi connectivity index (χ3n) is 2.60. The number of ether oxygens (including phenoxy) is 2. The van der Waals surface area contributed by atoms with E-state index in [1.165, 1.54) is 7.11 Å². The molecule has 0 aromatic heterocycles. The largest absolute Gasteiger partial charge is 0.469 e. The molecule has 0 saturated heterocycles. The van der Waals surface area contributed by atoms with Crippen molar-refractivity contribution in [1.82, 2.24) is 0 Å². The van der Waals surface area contributed by atoms with Crippen LogP contribution >= 0.6 is 0 Å². The molecule has 0 saturated carbocycles. The van der Waals surface area contributed by atoms with Crippen LogP contribution in [0.1, 0.15) is 27.9 Å². The first-order valence-electron chi connectivity index (χ1n) is 5.56. The monoisotopic (exact) mass is 251 g/mol. The summed E-state index contributed by atoms with van der Waals surface area (Å²) in [7, 11) is 1.29. The van der Waals surface area contributed by atoms with Gasteiger partial charge < -0.3 is 15.2 Å². The number of anilines is 1. The van der Waals surface area contributed by atoms with Crippen molar-refractivity contribution >= 4 is 17.6 Å². The number of esters is 2. The van der Waals surface area contributed by atoms with Crippen LogP contribution in [0.15, 0.2) is 12.1 Å². The lowest BCUT2D eigenvalue weighted by atomic mass is 10.0. The van der Waals surface area contributed by atoms with Crippen LogP contribution in [-0.4, -0.2) is 25.7 Å². The van der Waals surface area contributed by atoms with Gasteiger partial charge in [0.05, 0.1) is 19.1 Å². The summed E-state index contributed by atoms with van der Waals surface area (Å²) in [6.45, 7) is 3.68. The molecule has 0 heterocycles. The van der Waals surface area contributed by atoms with Gasteiger partial charge in [0.1, 0.15) is 6.61 Å². The van der Waals surface area contributed by atoms with E-state index in [9.17, 15) is 9.59 Å². The summed E-state index contributed by atoms with van der Waals surface area (Å²) in [5.74, 6) is -0.897. The van der Waals surface area contributed by atoms with Gasteiger partial charge in [-0.2, -0.15) is 0 Å². The Morgan fingerprint density at radius 3 is 2.50 bits per heavy atom. The number of aryl methyl sites for hydroxylation is 2. The van der Waals surface area contributed by atoms with E-state index in [0.29, 0.717) is 11.3 Å². The quantitative estimate of drug-likeness (QED) is 0.649. The van der Waals surface area contributed by atoms with Crippen LogP contribution in [0.2, 0.25) is 0 Å². The summed E-state index contributed by atoms with van der Waals surface area (Å²) in [5.41, 5.74) is 8.42. The number of hydrogen-bond acceptors (Lipinski definition) is 5. The molecule has 0 aliphatic heterocycles. The molecule has 0 bridgehead atoms. The molecule has 0 unspecified atom stereocenters. The van der Waals surface area contributed by atoms with Gasteiger partial charge in [-0.3, -0.25) is 4.79 Å². The molecule has 0 aliphatic carbocycles. The Morgan fingerprint density at radius 2 is 1.89 bits per heavy atom. The molecule has 18 heavy (non-hydrogen) atoms. The second kappa shape index (κ2) is 6.05. The van der Waals surface area contributed by atoms with Crippen LogP contribution in [0.25, 0.3) is 0 Å². The van der Waals surface area contributed by atoms with Crippen LogP contribution in [0.3, 0.4) is 0 Å². The van der Waals surface area contributed by atoms with Crippen LogP contribution in [0.5, 0.6) is 0 Å². The van der Waals surface area contributed by atoms with Gasteiger partial charge in [0, 0.05) is 5.69 Å². The van der Waals surface area contributed by atoms with E-state index in [4.69, 9.17) is 10.5 Å². The number of benzene rings is 1. The number of methoxy groups -OCH3 is 1. The van der Waals surface area contributed by atoms with Crippen molar-refractivity contribution < 1.29 is 19.1 Å². The van der Waals surface area contributed by atoms with Gasteiger partial charge in [0.2, 0.25) is 0 Å². The molecule has 0 radical (unpaired) electrons. The molecule has 5 nitrogen and oxygen atoms in total. The summed E-state index contributed by atoms with van der Waals surface area (Å²) < 4.78 is 9.43. The number of nitrogens with two attached hydrogens (primary N) is 1. The predicted octanol–water partition coefficient (Wildman–Crippen LogP) is 1.61. The number of rotatable bonds is 4. The van der Waals surface area contributed by atoms with Crippen molar-refractivity contribution in [2.24, 2.45) is 0 Å². The van der Waals surface area contributed by atoms with Crippen molar-refractivity contribution in [2.75, 3.05) is 19.5 Å². The zero-order chi connectivity index (χ0) is 13.7. The zero-order valence-corrected chi connectivity index (χ0v) is 10.8. The molecule has 0 fully saturated rings. The average molecular weight is 251 g/mol. The highest BCUT2D eigenvalue weighted by Gasteiger charge is 2.13. The summed E-state index contributed by atoms with van der Waals surface area (Å²) in [6.07, 6.45) is 0.0443. The van der Waals surface area contributed by atoms with Crippen molar-refractivity contribution in [1.29, 1.82) is 0 Å². The molecule has 0 spiro atoms. The molecular formula is C13H17NO4. The van der Waals surface area contributed by atoms with E-state index in [2.05, 4.69) is 4.74 Å². The minimum Gasteiger partial charge on any atom is -0.469 e. The highest BCUT2D eigenvalue weighted by molar-refractivity contribution is 5.92. The fraction of sp³-hybridized carbons (Fsp3) is 0.385. The molecule has 1 rings (SSSR count). The van der Waals surface area contributed by atoms with Gasteiger partial charge >= 0.3 is 11.9 Å². The third kappa shape index (κ3) is 3.48. The Balaban J connectivity index is 2.67. The van der Waals surface area contributed by atoms with Gasteiger partial charge in [0.15, 0.2) is 0 Å². The zero-order valence-electron chi connectivity index (χ0n) is 10.8. The SMILES string of the molecule is COC(=O)CCOC(=O)c1cc(N)c(C)cc1C. The minimum absolute atomic E-state index is 0.00126. The minimum atomic E-state index is -0.483. The van der Waals surface area contributed by atoms with E-state index in [0.717, 1.165) is 11.1 Å². The van der Waals surface area contributed by atoms with Gasteiger partial charge in [0.25, 0.3) is 0 Å². The normalized spacial score (nSPS) is 9.94. The molecule has 0 aliphatic rings. The summed E-state index contributed by atoms with van der Waals surface area (Å²) in [6, 6.07) is 3.41. The Hall–Kier alpha value is -2.04. The molecule has 1 aromatic carbocycles. The van der Waals surface area contributed by atoms with E-state index >= 15 is 0 Å². The Labute approximate surface area is 106 Å². The standard InChI is InChI=1S/C13H17NO4/c1-8-6-9(2)11(14)7-10(8)13(16)18-5-4-12(15)17-3/h6-7H,4-5,14H2,1-3H3. The number of carbonyl (C=O) groups excluding carboxylic acids is 2. The fourth-order valence-electron chi connectivity index (χ4n) is 1.50. The lowest BCUT2D eigenvalue weighted by Crippen LogP contribution is -2.12. The van der Waals surface area contributed by atoms with Crippen molar-refractivity contribution in [3.8, 4) is 0 Å². The van der Waals surface area contributed by atoms with Crippen molar-refractivity contribution in [3.05, 3.63) is 28.8 Å². The number of nitrogen functional groups attached to an aromatic ring is 1. The molecule has 0 amide bonds. The van der Waals surface area contributed by atoms with Crippen LogP contribution in [-0.2, 0) is 14.3 Å². The number of hydrogen-bond donors (Lipinski definition) is 1. The Kier molecular flexibility index (Phi) is 4.71. The highest BCUT2D eigenvalue weighted by atomic mass is 16.5. The van der Waals surface area contributed by atoms with E-state index in [-0.39, 0.29) is 13.0 Å². The van der Waals surface area contributed by atoms with E-state index in [1.807, 2.05) is 19.9 Å². The molecule has 98 valence electrons. The van der Waals surface area contributed by atoms with Crippen LogP contribution in [0, 0.1) is 13.8 Å². The molecular weight excluding hydrogens is 234 g/mol. The van der Waals surface area contributed by atoms with Gasteiger partial charge in [-0.05, 0) is 31.0 Å². The maximum absolute atomic E-state index is 11.8. The fourth-order valence-corrected chi connectivity index (χ4v) is 1.50. The molecule has 5 heteroatoms. The van der Waals surface area contributed by atoms with Gasteiger partial charge in [-0.15, -0.1) is 0 Å². The highest BCUT2D eigenvalue weighted by Crippen LogP contribution is 2.18. The number of carbonyl (C=O) groups is 2. The summed E-state index contributed by atoms with van der Waals surface area (Å²) in [4.78, 5) is 22.6. The first-order valence-corrected chi connectivity index (χ1v) is 5.56. The molecule has 1 aromatic rings. The predicted molar refractivity (Wildman–Crippen MR) is 67.2 cm³/mol. The lowest BCUT2D eigenvalue weighted by Gasteiger charge is -2.09.